The molecular formula is C13H17N5. The van der Waals surface area contributed by atoms with Gasteiger partial charge in [0, 0.05) is 44.9 Å². The van der Waals surface area contributed by atoms with Gasteiger partial charge in [0.2, 0.25) is 0 Å². The van der Waals surface area contributed by atoms with E-state index in [1.54, 1.807) is 0 Å². The zero-order valence-electron chi connectivity index (χ0n) is 10.6. The average molecular weight is 243 g/mol. The van der Waals surface area contributed by atoms with Crippen molar-refractivity contribution < 1.29 is 0 Å². The predicted octanol–water partition coefficient (Wildman–Crippen LogP) is 0.875. The second-order valence-corrected chi connectivity index (χ2v) is 5.20. The first-order valence-corrected chi connectivity index (χ1v) is 6.65. The van der Waals surface area contributed by atoms with Crippen molar-refractivity contribution >= 4 is 0 Å². The average Bonchev–Trinajstić information content (AvgIpc) is 2.85. The summed E-state index contributed by atoms with van der Waals surface area (Å²) in [5.41, 5.74) is 6.40. The van der Waals surface area contributed by atoms with E-state index in [9.17, 15) is 0 Å². The fourth-order valence-electron chi connectivity index (χ4n) is 3.12. The van der Waals surface area contributed by atoms with E-state index >= 15 is 0 Å². The number of rotatable bonds is 0. The highest BCUT2D eigenvalue weighted by Crippen LogP contribution is 2.32. The van der Waals surface area contributed by atoms with Crippen LogP contribution in [0.5, 0.6) is 0 Å². The van der Waals surface area contributed by atoms with Crippen LogP contribution in [-0.2, 0) is 33.0 Å². The third-order valence-electron chi connectivity index (χ3n) is 3.92. The standard InChI is InChI=1S/C13H17N5/c1-17-8-9-3-2-6-18-13(12(9)16-17)10-7-14-5-4-11(10)15-18/h8,14H,2-7H2,1H3. The first kappa shape index (κ1) is 10.3. The Labute approximate surface area is 106 Å². The molecule has 0 spiro atoms. The molecule has 2 aliphatic heterocycles. The number of aromatic nitrogens is 4. The fraction of sp³-hybridized carbons (Fsp3) is 0.538. The number of nitrogens with one attached hydrogen (secondary N) is 1. The molecule has 2 aliphatic rings. The molecule has 2 aromatic rings. The SMILES string of the molecule is Cn1cc2c(n1)-c1c3c(nn1CCC2)CCNC3. The van der Waals surface area contributed by atoms with E-state index in [0.29, 0.717) is 0 Å². The van der Waals surface area contributed by atoms with Crippen LogP contribution in [0.3, 0.4) is 0 Å². The Kier molecular flexibility index (Phi) is 2.11. The van der Waals surface area contributed by atoms with E-state index in [2.05, 4.69) is 21.3 Å². The molecule has 4 heterocycles. The van der Waals surface area contributed by atoms with Gasteiger partial charge in [-0.25, -0.2) is 0 Å². The van der Waals surface area contributed by atoms with Crippen molar-refractivity contribution in [2.24, 2.45) is 7.05 Å². The lowest BCUT2D eigenvalue weighted by molar-refractivity contribution is 0.578. The molecule has 0 unspecified atom stereocenters. The van der Waals surface area contributed by atoms with E-state index in [1.165, 1.54) is 22.5 Å². The summed E-state index contributed by atoms with van der Waals surface area (Å²) in [5.74, 6) is 0. The summed E-state index contributed by atoms with van der Waals surface area (Å²) in [6.07, 6.45) is 5.45. The van der Waals surface area contributed by atoms with Crippen LogP contribution in [0.15, 0.2) is 6.20 Å². The maximum atomic E-state index is 4.79. The van der Waals surface area contributed by atoms with Gasteiger partial charge in [0.1, 0.15) is 5.69 Å². The van der Waals surface area contributed by atoms with Crippen LogP contribution in [0.25, 0.3) is 11.4 Å². The Bertz CT molecular complexity index is 607. The summed E-state index contributed by atoms with van der Waals surface area (Å²) >= 11 is 0. The molecule has 0 aromatic carbocycles. The molecule has 1 N–H and O–H groups in total. The smallest absolute Gasteiger partial charge is 0.114 e. The Balaban J connectivity index is 1.98. The highest BCUT2D eigenvalue weighted by atomic mass is 15.3. The lowest BCUT2D eigenvalue weighted by atomic mass is 10.0. The number of hydrogen-bond acceptors (Lipinski definition) is 3. The molecule has 0 atom stereocenters. The number of nitrogens with zero attached hydrogens (tertiary/aromatic N) is 4. The van der Waals surface area contributed by atoms with Crippen molar-refractivity contribution in [1.29, 1.82) is 0 Å². The molecule has 0 saturated carbocycles. The first-order chi connectivity index (χ1) is 8.83. The number of aryl methyl sites for hydroxylation is 3. The van der Waals surface area contributed by atoms with Gasteiger partial charge in [-0.2, -0.15) is 10.2 Å². The van der Waals surface area contributed by atoms with Crippen molar-refractivity contribution in [2.75, 3.05) is 6.54 Å². The molecule has 0 saturated heterocycles. The van der Waals surface area contributed by atoms with E-state index in [1.807, 2.05) is 11.7 Å². The van der Waals surface area contributed by atoms with Crippen LogP contribution in [0.2, 0.25) is 0 Å². The Morgan fingerprint density at radius 3 is 3.17 bits per heavy atom. The summed E-state index contributed by atoms with van der Waals surface area (Å²) in [7, 11) is 2.00. The molecule has 0 fully saturated rings. The van der Waals surface area contributed by atoms with Gasteiger partial charge in [0.05, 0.1) is 11.4 Å². The van der Waals surface area contributed by atoms with Crippen molar-refractivity contribution in [1.82, 2.24) is 24.9 Å². The second kappa shape index (κ2) is 3.68. The summed E-state index contributed by atoms with van der Waals surface area (Å²) in [5, 5.41) is 12.9. The van der Waals surface area contributed by atoms with Crippen LogP contribution in [-0.4, -0.2) is 26.1 Å². The summed E-state index contributed by atoms with van der Waals surface area (Å²) < 4.78 is 4.10. The molecule has 18 heavy (non-hydrogen) atoms. The van der Waals surface area contributed by atoms with Crippen LogP contribution >= 0.6 is 0 Å². The number of hydrogen-bond donors (Lipinski definition) is 1. The quantitative estimate of drug-likeness (QED) is 0.747. The fourth-order valence-corrected chi connectivity index (χ4v) is 3.12. The largest absolute Gasteiger partial charge is 0.312 e. The molecule has 0 radical (unpaired) electrons. The third kappa shape index (κ3) is 1.37. The molecule has 5 heteroatoms. The maximum Gasteiger partial charge on any atom is 0.114 e. The maximum absolute atomic E-state index is 4.79. The van der Waals surface area contributed by atoms with Gasteiger partial charge in [0.25, 0.3) is 0 Å². The monoisotopic (exact) mass is 243 g/mol. The zero-order chi connectivity index (χ0) is 12.1. The Morgan fingerprint density at radius 1 is 1.28 bits per heavy atom. The van der Waals surface area contributed by atoms with Crippen molar-refractivity contribution in [3.63, 3.8) is 0 Å². The Morgan fingerprint density at radius 2 is 2.22 bits per heavy atom. The molecule has 4 rings (SSSR count). The van der Waals surface area contributed by atoms with Gasteiger partial charge in [-0.3, -0.25) is 9.36 Å². The van der Waals surface area contributed by atoms with Gasteiger partial charge in [-0.15, -0.1) is 0 Å². The Hall–Kier alpha value is -1.62. The van der Waals surface area contributed by atoms with Crippen molar-refractivity contribution in [3.8, 4) is 11.4 Å². The van der Waals surface area contributed by atoms with Crippen LogP contribution < -0.4 is 5.32 Å². The highest BCUT2D eigenvalue weighted by Gasteiger charge is 2.26. The van der Waals surface area contributed by atoms with Gasteiger partial charge < -0.3 is 5.32 Å². The summed E-state index contributed by atoms with van der Waals surface area (Å²) in [6.45, 7) is 2.99. The lowest BCUT2D eigenvalue weighted by Crippen LogP contribution is -2.23. The van der Waals surface area contributed by atoms with Gasteiger partial charge in [-0.1, -0.05) is 0 Å². The topological polar surface area (TPSA) is 47.7 Å². The first-order valence-electron chi connectivity index (χ1n) is 6.65. The summed E-state index contributed by atoms with van der Waals surface area (Å²) in [6, 6.07) is 0. The molecule has 0 amide bonds. The second-order valence-electron chi connectivity index (χ2n) is 5.20. The minimum absolute atomic E-state index is 0.931. The van der Waals surface area contributed by atoms with Crippen molar-refractivity contribution in [3.05, 3.63) is 23.0 Å². The summed E-state index contributed by atoms with van der Waals surface area (Å²) in [4.78, 5) is 0. The minimum atomic E-state index is 0.931. The molecule has 2 aromatic heterocycles. The minimum Gasteiger partial charge on any atom is -0.312 e. The highest BCUT2D eigenvalue weighted by molar-refractivity contribution is 5.65. The zero-order valence-corrected chi connectivity index (χ0v) is 10.6. The lowest BCUT2D eigenvalue weighted by Gasteiger charge is -2.12. The van der Waals surface area contributed by atoms with E-state index in [0.717, 1.165) is 44.6 Å². The van der Waals surface area contributed by atoms with Gasteiger partial charge in [0.15, 0.2) is 0 Å². The van der Waals surface area contributed by atoms with E-state index in [4.69, 9.17) is 5.10 Å². The normalized spacial score (nSPS) is 17.8. The van der Waals surface area contributed by atoms with Crippen LogP contribution in [0, 0.1) is 0 Å². The molecule has 5 nitrogen and oxygen atoms in total. The molecule has 0 aliphatic carbocycles. The van der Waals surface area contributed by atoms with Crippen LogP contribution in [0.1, 0.15) is 23.2 Å². The van der Waals surface area contributed by atoms with E-state index in [-0.39, 0.29) is 0 Å². The predicted molar refractivity (Wildman–Crippen MR) is 68.2 cm³/mol. The molecular weight excluding hydrogens is 226 g/mol. The molecule has 94 valence electrons. The van der Waals surface area contributed by atoms with E-state index < -0.39 is 0 Å². The van der Waals surface area contributed by atoms with Gasteiger partial charge in [-0.05, 0) is 18.4 Å². The third-order valence-corrected chi connectivity index (χ3v) is 3.92. The van der Waals surface area contributed by atoms with Crippen LogP contribution in [0.4, 0.5) is 0 Å². The molecule has 0 bridgehead atoms. The van der Waals surface area contributed by atoms with Gasteiger partial charge >= 0.3 is 0 Å². The van der Waals surface area contributed by atoms with Crippen molar-refractivity contribution in [2.45, 2.75) is 32.4 Å². The number of fused-ring (bicyclic) bond motifs is 5.